The van der Waals surface area contributed by atoms with Gasteiger partial charge in [-0.1, -0.05) is 0 Å². The van der Waals surface area contributed by atoms with Gasteiger partial charge in [0.2, 0.25) is 0 Å². The number of aliphatic hydroxyl groups is 1. The largest absolute Gasteiger partial charge is 0.462 e. The highest BCUT2D eigenvalue weighted by Gasteiger charge is 2.21. The third kappa shape index (κ3) is 3.63. The van der Waals surface area contributed by atoms with Crippen LogP contribution < -0.4 is 0 Å². The molecule has 5 nitrogen and oxygen atoms in total. The van der Waals surface area contributed by atoms with Gasteiger partial charge in [-0.25, -0.2) is 0 Å². The fraction of sp³-hybridized carbons (Fsp3) is 0.500. The second-order valence-electron chi connectivity index (χ2n) is 3.43. The Labute approximate surface area is 86.7 Å². The molecule has 2 atom stereocenters. The molecule has 1 heterocycles. The average Bonchev–Trinajstić information content (AvgIpc) is 2.12. The summed E-state index contributed by atoms with van der Waals surface area (Å²) < 4.78 is 4.81. The van der Waals surface area contributed by atoms with Crippen LogP contribution in [0.3, 0.4) is 0 Å². The summed E-state index contributed by atoms with van der Waals surface area (Å²) in [5, 5.41) is 9.23. The SMILES string of the molecule is CC1CC(=O)/C=C/C(=O)C(O)CC(=O)O1. The minimum absolute atomic E-state index is 0.0472. The number of carbonyl (C=O) groups is 3. The first kappa shape index (κ1) is 11.6. The lowest BCUT2D eigenvalue weighted by atomic mass is 10.1. The van der Waals surface area contributed by atoms with Gasteiger partial charge >= 0.3 is 5.97 Å². The molecule has 1 aliphatic heterocycles. The van der Waals surface area contributed by atoms with Crippen LogP contribution >= 0.6 is 0 Å². The van der Waals surface area contributed by atoms with Gasteiger partial charge in [-0.3, -0.25) is 14.4 Å². The van der Waals surface area contributed by atoms with Crippen LogP contribution in [0.15, 0.2) is 12.2 Å². The van der Waals surface area contributed by atoms with Gasteiger partial charge in [-0.05, 0) is 19.1 Å². The average molecular weight is 212 g/mol. The maximum absolute atomic E-state index is 11.2. The molecule has 0 aromatic rings. The molecule has 1 aliphatic rings. The fourth-order valence-electron chi connectivity index (χ4n) is 1.21. The van der Waals surface area contributed by atoms with Crippen molar-refractivity contribution in [1.29, 1.82) is 0 Å². The van der Waals surface area contributed by atoms with Crippen molar-refractivity contribution in [2.24, 2.45) is 0 Å². The summed E-state index contributed by atoms with van der Waals surface area (Å²) in [6.07, 6.45) is -0.186. The molecule has 1 N–H and O–H groups in total. The molecule has 15 heavy (non-hydrogen) atoms. The summed E-state index contributed by atoms with van der Waals surface area (Å²) in [5.74, 6) is -1.64. The van der Waals surface area contributed by atoms with Crippen LogP contribution in [0, 0.1) is 0 Å². The first-order chi connectivity index (χ1) is 6.99. The number of hydrogen-bond acceptors (Lipinski definition) is 5. The van der Waals surface area contributed by atoms with Gasteiger partial charge in [0.15, 0.2) is 11.6 Å². The number of rotatable bonds is 0. The Morgan fingerprint density at radius 2 is 1.93 bits per heavy atom. The molecule has 0 aliphatic carbocycles. The highest BCUT2D eigenvalue weighted by atomic mass is 16.5. The van der Waals surface area contributed by atoms with E-state index in [2.05, 4.69) is 0 Å². The standard InChI is InChI=1S/C10H12O5/c1-6-4-7(11)2-3-8(12)9(13)5-10(14)15-6/h2-3,6,9,13H,4-5H2,1H3/b3-2+. The third-order valence-corrected chi connectivity index (χ3v) is 1.94. The van der Waals surface area contributed by atoms with E-state index in [1.807, 2.05) is 0 Å². The molecule has 0 bridgehead atoms. The van der Waals surface area contributed by atoms with Crippen molar-refractivity contribution in [1.82, 2.24) is 0 Å². The smallest absolute Gasteiger partial charge is 0.309 e. The third-order valence-electron chi connectivity index (χ3n) is 1.94. The van der Waals surface area contributed by atoms with Crippen molar-refractivity contribution in [2.75, 3.05) is 0 Å². The van der Waals surface area contributed by atoms with Crippen LogP contribution in [0.1, 0.15) is 19.8 Å². The first-order valence-electron chi connectivity index (χ1n) is 4.61. The fourth-order valence-corrected chi connectivity index (χ4v) is 1.21. The van der Waals surface area contributed by atoms with Gasteiger partial charge < -0.3 is 9.84 Å². The Morgan fingerprint density at radius 1 is 1.27 bits per heavy atom. The summed E-state index contributed by atoms with van der Waals surface area (Å²) in [6, 6.07) is 0. The Hall–Kier alpha value is -1.49. The van der Waals surface area contributed by atoms with Crippen molar-refractivity contribution in [3.63, 3.8) is 0 Å². The van der Waals surface area contributed by atoms with Crippen molar-refractivity contribution in [3.05, 3.63) is 12.2 Å². The van der Waals surface area contributed by atoms with Gasteiger partial charge in [-0.15, -0.1) is 0 Å². The Balaban J connectivity index is 2.81. The molecule has 0 radical (unpaired) electrons. The Bertz CT molecular complexity index is 318. The van der Waals surface area contributed by atoms with Gasteiger partial charge in [-0.2, -0.15) is 0 Å². The van der Waals surface area contributed by atoms with E-state index in [0.717, 1.165) is 12.2 Å². The molecular formula is C10H12O5. The van der Waals surface area contributed by atoms with Crippen LogP contribution in [-0.4, -0.2) is 34.9 Å². The number of cyclic esters (lactones) is 1. The van der Waals surface area contributed by atoms with Crippen LogP contribution in [0.5, 0.6) is 0 Å². The predicted molar refractivity (Wildman–Crippen MR) is 49.9 cm³/mol. The normalized spacial score (nSPS) is 30.9. The summed E-state index contributed by atoms with van der Waals surface area (Å²) in [5.41, 5.74) is 0. The van der Waals surface area contributed by atoms with E-state index in [9.17, 15) is 19.5 Å². The number of ether oxygens (including phenoxy) is 1. The quantitative estimate of drug-likeness (QED) is 0.561. The van der Waals surface area contributed by atoms with Crippen LogP contribution in [-0.2, 0) is 19.1 Å². The van der Waals surface area contributed by atoms with Crippen LogP contribution in [0.2, 0.25) is 0 Å². The van der Waals surface area contributed by atoms with Gasteiger partial charge in [0.1, 0.15) is 12.2 Å². The molecule has 0 fully saturated rings. The van der Waals surface area contributed by atoms with E-state index < -0.39 is 24.0 Å². The second kappa shape index (κ2) is 4.84. The number of carbonyl (C=O) groups excluding carboxylic acids is 3. The van der Waals surface area contributed by atoms with Crippen LogP contribution in [0.4, 0.5) is 0 Å². The van der Waals surface area contributed by atoms with E-state index in [0.29, 0.717) is 0 Å². The van der Waals surface area contributed by atoms with Crippen molar-refractivity contribution in [2.45, 2.75) is 32.0 Å². The van der Waals surface area contributed by atoms with Crippen LogP contribution in [0.25, 0.3) is 0 Å². The van der Waals surface area contributed by atoms with Crippen molar-refractivity contribution >= 4 is 17.5 Å². The molecular weight excluding hydrogens is 200 g/mol. The van der Waals surface area contributed by atoms with Gasteiger partial charge in [0.25, 0.3) is 0 Å². The zero-order chi connectivity index (χ0) is 11.4. The lowest BCUT2D eigenvalue weighted by Crippen LogP contribution is -2.27. The zero-order valence-electron chi connectivity index (χ0n) is 8.30. The molecule has 2 unspecified atom stereocenters. The Kier molecular flexibility index (Phi) is 3.74. The summed E-state index contributed by atoms with van der Waals surface area (Å²) in [7, 11) is 0. The number of allylic oxidation sites excluding steroid dienone is 1. The number of aliphatic hydroxyl groups excluding tert-OH is 1. The van der Waals surface area contributed by atoms with Gasteiger partial charge in [0.05, 0.1) is 6.42 Å². The molecule has 0 aromatic carbocycles. The summed E-state index contributed by atoms with van der Waals surface area (Å²) in [4.78, 5) is 33.4. The molecule has 0 saturated heterocycles. The van der Waals surface area contributed by atoms with E-state index in [-0.39, 0.29) is 18.6 Å². The minimum Gasteiger partial charge on any atom is -0.462 e. The number of ketones is 2. The van der Waals surface area contributed by atoms with E-state index in [1.165, 1.54) is 0 Å². The molecule has 0 saturated carbocycles. The lowest BCUT2D eigenvalue weighted by molar-refractivity contribution is -0.153. The molecule has 0 spiro atoms. The minimum atomic E-state index is -1.42. The molecule has 0 aromatic heterocycles. The summed E-state index contributed by atoms with van der Waals surface area (Å²) in [6.45, 7) is 1.58. The summed E-state index contributed by atoms with van der Waals surface area (Å²) >= 11 is 0. The highest BCUT2D eigenvalue weighted by molar-refractivity contribution is 6.02. The maximum Gasteiger partial charge on any atom is 0.309 e. The second-order valence-corrected chi connectivity index (χ2v) is 3.43. The zero-order valence-corrected chi connectivity index (χ0v) is 8.30. The molecule has 5 heteroatoms. The molecule has 1 rings (SSSR count). The first-order valence-corrected chi connectivity index (χ1v) is 4.61. The number of esters is 1. The van der Waals surface area contributed by atoms with Crippen molar-refractivity contribution in [3.8, 4) is 0 Å². The number of hydrogen-bond donors (Lipinski definition) is 1. The monoisotopic (exact) mass is 212 g/mol. The topological polar surface area (TPSA) is 80.7 Å². The van der Waals surface area contributed by atoms with Gasteiger partial charge in [0, 0.05) is 6.42 Å². The van der Waals surface area contributed by atoms with E-state index in [4.69, 9.17) is 4.74 Å². The van der Waals surface area contributed by atoms with E-state index >= 15 is 0 Å². The maximum atomic E-state index is 11.2. The lowest BCUT2D eigenvalue weighted by Gasteiger charge is -2.14. The Morgan fingerprint density at radius 3 is 2.60 bits per heavy atom. The highest BCUT2D eigenvalue weighted by Crippen LogP contribution is 2.06. The molecule has 0 amide bonds. The van der Waals surface area contributed by atoms with E-state index in [1.54, 1.807) is 6.92 Å². The predicted octanol–water partition coefficient (Wildman–Crippen LogP) is -0.233. The molecule has 82 valence electrons. The van der Waals surface area contributed by atoms with Crippen molar-refractivity contribution < 1.29 is 24.2 Å².